The number of carbonyl (C=O) groups is 1. The predicted molar refractivity (Wildman–Crippen MR) is 121 cm³/mol. The zero-order valence-electron chi connectivity index (χ0n) is 18.8. The van der Waals surface area contributed by atoms with Crippen molar-refractivity contribution in [1.29, 1.82) is 0 Å². The first kappa shape index (κ1) is 25.1. The van der Waals surface area contributed by atoms with Gasteiger partial charge >= 0.3 is 6.18 Å². The van der Waals surface area contributed by atoms with Crippen LogP contribution in [0.25, 0.3) is 0 Å². The van der Waals surface area contributed by atoms with Crippen molar-refractivity contribution in [3.63, 3.8) is 0 Å². The number of alkyl halides is 3. The highest BCUT2D eigenvalue weighted by Crippen LogP contribution is 2.32. The number of nitrogens with one attached hydrogen (secondary N) is 1. The maximum Gasteiger partial charge on any atom is 0.416 e. The maximum absolute atomic E-state index is 12.7. The molecule has 2 N–H and O–H groups in total. The van der Waals surface area contributed by atoms with E-state index in [1.54, 1.807) is 0 Å². The topological polar surface area (TPSA) is 61.8 Å². The van der Waals surface area contributed by atoms with E-state index in [-0.39, 0.29) is 12.5 Å². The van der Waals surface area contributed by atoms with Gasteiger partial charge in [0.15, 0.2) is 0 Å². The Hall–Kier alpha value is -2.58. The third-order valence-electron chi connectivity index (χ3n) is 5.98. The summed E-state index contributed by atoms with van der Waals surface area (Å²) in [6.07, 6.45) is -0.833. The fourth-order valence-corrected chi connectivity index (χ4v) is 4.08. The summed E-state index contributed by atoms with van der Waals surface area (Å²) in [6, 6.07) is 13.7. The number of carbonyl (C=O) groups excluding carboxylic acids is 1. The van der Waals surface area contributed by atoms with Gasteiger partial charge in [-0.1, -0.05) is 44.4 Å². The van der Waals surface area contributed by atoms with Gasteiger partial charge in [0, 0.05) is 18.8 Å². The molecule has 1 fully saturated rings. The molecule has 1 heterocycles. The van der Waals surface area contributed by atoms with Gasteiger partial charge in [0.1, 0.15) is 17.5 Å². The molecule has 0 unspecified atom stereocenters. The number of benzene rings is 2. The van der Waals surface area contributed by atoms with Crippen LogP contribution in [0.4, 0.5) is 18.9 Å². The summed E-state index contributed by atoms with van der Waals surface area (Å²) in [6.45, 7) is 3.07. The first-order valence-corrected chi connectivity index (χ1v) is 11.3. The van der Waals surface area contributed by atoms with E-state index in [9.17, 15) is 23.1 Å². The van der Waals surface area contributed by atoms with Gasteiger partial charge in [-0.2, -0.15) is 13.2 Å². The molecule has 2 aromatic carbocycles. The van der Waals surface area contributed by atoms with Crippen molar-refractivity contribution in [1.82, 2.24) is 4.90 Å². The monoisotopic (exact) mass is 464 g/mol. The van der Waals surface area contributed by atoms with Gasteiger partial charge in [-0.05, 0) is 49.2 Å². The van der Waals surface area contributed by atoms with Gasteiger partial charge in [0.2, 0.25) is 5.91 Å². The lowest BCUT2D eigenvalue weighted by atomic mass is 9.83. The van der Waals surface area contributed by atoms with Crippen LogP contribution in [0.5, 0.6) is 5.75 Å². The Labute approximate surface area is 192 Å². The molecule has 0 bridgehead atoms. The fraction of sp³-hybridized carbons (Fsp3) is 0.480. The summed E-state index contributed by atoms with van der Waals surface area (Å²) in [5, 5.41) is 14.0. The summed E-state index contributed by atoms with van der Waals surface area (Å²) in [5.41, 5.74) is -1.44. The molecule has 0 spiro atoms. The number of unbranched alkanes of at least 4 members (excludes halogenated alkanes) is 2. The summed E-state index contributed by atoms with van der Waals surface area (Å²) in [4.78, 5) is 14.4. The van der Waals surface area contributed by atoms with Gasteiger partial charge in [-0.25, -0.2) is 0 Å². The van der Waals surface area contributed by atoms with Gasteiger partial charge in [-0.15, -0.1) is 0 Å². The molecule has 1 aliphatic heterocycles. The zero-order valence-corrected chi connectivity index (χ0v) is 18.8. The number of likely N-dealkylation sites (tertiary alicyclic amines) is 1. The molecule has 1 aliphatic rings. The second-order valence-corrected chi connectivity index (χ2v) is 8.59. The molecule has 180 valence electrons. The van der Waals surface area contributed by atoms with E-state index in [4.69, 9.17) is 4.74 Å². The van der Waals surface area contributed by atoms with Crippen LogP contribution in [0.3, 0.4) is 0 Å². The van der Waals surface area contributed by atoms with Gasteiger partial charge in [-0.3, -0.25) is 9.69 Å². The molecule has 1 saturated heterocycles. The molecule has 5 nitrogen and oxygen atoms in total. The molecule has 0 aliphatic carbocycles. The van der Waals surface area contributed by atoms with Gasteiger partial charge < -0.3 is 15.2 Å². The maximum atomic E-state index is 12.7. The average Bonchev–Trinajstić information content (AvgIpc) is 2.77. The van der Waals surface area contributed by atoms with Crippen molar-refractivity contribution in [3.05, 3.63) is 60.2 Å². The molecule has 8 heteroatoms. The lowest BCUT2D eigenvalue weighted by Crippen LogP contribution is -2.58. The van der Waals surface area contributed by atoms with Gasteiger partial charge in [0.05, 0.1) is 12.1 Å². The van der Waals surface area contributed by atoms with E-state index < -0.39 is 23.4 Å². The van der Waals surface area contributed by atoms with Crippen molar-refractivity contribution in [2.45, 2.75) is 56.9 Å². The Morgan fingerprint density at radius 1 is 1.15 bits per heavy atom. The van der Waals surface area contributed by atoms with Crippen LogP contribution in [-0.2, 0) is 11.0 Å². The standard InChI is InChI=1S/C25H31F3N2O3/c1-2-3-7-14-24(32)15-16-30(17-22(24)33-21-8-5-4-6-9-21)18-23(31)29-20-12-10-19(11-13-20)25(26,27)28/h4-6,8-13,22,32H,2-3,7,14-18H2,1H3,(H,29,31)/t22-,24-/m0/s1. The predicted octanol–water partition coefficient (Wildman–Crippen LogP) is 5.11. The average molecular weight is 465 g/mol. The van der Waals surface area contributed by atoms with E-state index in [1.807, 2.05) is 35.2 Å². The van der Waals surface area contributed by atoms with Crippen LogP contribution < -0.4 is 10.1 Å². The van der Waals surface area contributed by atoms with E-state index in [0.29, 0.717) is 37.4 Å². The number of piperidine rings is 1. The SMILES string of the molecule is CCCCC[C@]1(O)CCN(CC(=O)Nc2ccc(C(F)(F)F)cc2)C[C@@H]1Oc1ccccc1. The fourth-order valence-electron chi connectivity index (χ4n) is 4.08. The van der Waals surface area contributed by atoms with Crippen LogP contribution in [-0.4, -0.2) is 47.3 Å². The summed E-state index contributed by atoms with van der Waals surface area (Å²) >= 11 is 0. The van der Waals surface area contributed by atoms with Crippen LogP contribution >= 0.6 is 0 Å². The van der Waals surface area contributed by atoms with Gasteiger partial charge in [0.25, 0.3) is 0 Å². The van der Waals surface area contributed by atoms with Crippen molar-refractivity contribution >= 4 is 11.6 Å². The minimum Gasteiger partial charge on any atom is -0.486 e. The van der Waals surface area contributed by atoms with Crippen LogP contribution in [0, 0.1) is 0 Å². The van der Waals surface area contributed by atoms with E-state index in [1.165, 1.54) is 12.1 Å². The molecule has 33 heavy (non-hydrogen) atoms. The second kappa shape index (κ2) is 11.0. The molecule has 0 aromatic heterocycles. The van der Waals surface area contributed by atoms with Crippen molar-refractivity contribution in [3.8, 4) is 5.75 Å². The number of nitrogens with zero attached hydrogens (tertiary/aromatic N) is 1. The Morgan fingerprint density at radius 2 is 1.85 bits per heavy atom. The second-order valence-electron chi connectivity index (χ2n) is 8.59. The minimum absolute atomic E-state index is 0.0563. The summed E-state index contributed by atoms with van der Waals surface area (Å²) in [7, 11) is 0. The number of rotatable bonds is 9. The Balaban J connectivity index is 1.62. The van der Waals surface area contributed by atoms with E-state index >= 15 is 0 Å². The highest BCUT2D eigenvalue weighted by Gasteiger charge is 2.43. The van der Waals surface area contributed by atoms with Crippen molar-refractivity contribution < 1.29 is 27.8 Å². The van der Waals surface area contributed by atoms with Crippen LogP contribution in [0.1, 0.15) is 44.6 Å². The van der Waals surface area contributed by atoms with Crippen molar-refractivity contribution in [2.24, 2.45) is 0 Å². The number of amides is 1. The lowest BCUT2D eigenvalue weighted by Gasteiger charge is -2.44. The Bertz CT molecular complexity index is 890. The smallest absolute Gasteiger partial charge is 0.416 e. The Kier molecular flexibility index (Phi) is 8.37. The number of halogens is 3. The van der Waals surface area contributed by atoms with E-state index in [0.717, 1.165) is 31.4 Å². The number of hydrogen-bond donors (Lipinski definition) is 2. The first-order chi connectivity index (χ1) is 15.7. The third kappa shape index (κ3) is 7.20. The number of hydrogen-bond acceptors (Lipinski definition) is 4. The number of ether oxygens (including phenoxy) is 1. The number of aliphatic hydroxyl groups is 1. The molecular formula is C25H31F3N2O3. The third-order valence-corrected chi connectivity index (χ3v) is 5.98. The molecule has 2 atom stereocenters. The summed E-state index contributed by atoms with van der Waals surface area (Å²) < 4.78 is 44.3. The number of anilines is 1. The number of para-hydroxylation sites is 1. The molecule has 0 radical (unpaired) electrons. The molecular weight excluding hydrogens is 433 g/mol. The van der Waals surface area contributed by atoms with Crippen molar-refractivity contribution in [2.75, 3.05) is 25.0 Å². The molecule has 0 saturated carbocycles. The normalized spacial score (nSPS) is 21.5. The Morgan fingerprint density at radius 3 is 2.48 bits per heavy atom. The zero-order chi connectivity index (χ0) is 23.9. The van der Waals surface area contributed by atoms with Crippen LogP contribution in [0.15, 0.2) is 54.6 Å². The lowest BCUT2D eigenvalue weighted by molar-refractivity contribution is -0.137. The molecule has 3 rings (SSSR count). The van der Waals surface area contributed by atoms with E-state index in [2.05, 4.69) is 12.2 Å². The highest BCUT2D eigenvalue weighted by atomic mass is 19.4. The highest BCUT2D eigenvalue weighted by molar-refractivity contribution is 5.92. The quantitative estimate of drug-likeness (QED) is 0.507. The first-order valence-electron chi connectivity index (χ1n) is 11.3. The summed E-state index contributed by atoms with van der Waals surface area (Å²) in [5.74, 6) is 0.331. The molecule has 1 amide bonds. The minimum atomic E-state index is -4.42. The van der Waals surface area contributed by atoms with Crippen LogP contribution in [0.2, 0.25) is 0 Å². The molecule has 2 aromatic rings. The largest absolute Gasteiger partial charge is 0.486 e.